The third kappa shape index (κ3) is 5.43. The van der Waals surface area contributed by atoms with Gasteiger partial charge < -0.3 is 14.2 Å². The zero-order valence-electron chi connectivity index (χ0n) is 19.2. The van der Waals surface area contributed by atoms with Crippen LogP contribution in [0.15, 0.2) is 71.6 Å². The van der Waals surface area contributed by atoms with Gasteiger partial charge in [0.15, 0.2) is 4.32 Å². The van der Waals surface area contributed by atoms with Gasteiger partial charge in [0, 0.05) is 6.07 Å². The smallest absolute Gasteiger partial charge is 0.270 e. The lowest BCUT2D eigenvalue weighted by atomic mass is 10.1. The van der Waals surface area contributed by atoms with E-state index < -0.39 is 0 Å². The van der Waals surface area contributed by atoms with E-state index in [-0.39, 0.29) is 5.91 Å². The molecule has 5 nitrogen and oxygen atoms in total. The predicted molar refractivity (Wildman–Crippen MR) is 142 cm³/mol. The molecular formula is C27H25NO4S2. The molecule has 1 aliphatic rings. The summed E-state index contributed by atoms with van der Waals surface area (Å²) >= 11 is 6.85. The minimum atomic E-state index is -0.0950. The Bertz CT molecular complexity index is 1220. The van der Waals surface area contributed by atoms with E-state index in [4.69, 9.17) is 26.4 Å². The number of thiocarbonyl (C=S) groups is 1. The van der Waals surface area contributed by atoms with Crippen molar-refractivity contribution in [2.75, 3.05) is 25.2 Å². The third-order valence-electron chi connectivity index (χ3n) is 5.30. The molecule has 7 heteroatoms. The summed E-state index contributed by atoms with van der Waals surface area (Å²) < 4.78 is 17.2. The van der Waals surface area contributed by atoms with Crippen LogP contribution >= 0.6 is 24.0 Å². The predicted octanol–water partition coefficient (Wildman–Crippen LogP) is 6.18. The van der Waals surface area contributed by atoms with E-state index in [0.717, 1.165) is 39.6 Å². The van der Waals surface area contributed by atoms with Crippen molar-refractivity contribution in [3.63, 3.8) is 0 Å². The Hall–Kier alpha value is -3.29. The van der Waals surface area contributed by atoms with Gasteiger partial charge in [-0.15, -0.1) is 0 Å². The van der Waals surface area contributed by atoms with Gasteiger partial charge in [-0.3, -0.25) is 9.69 Å². The van der Waals surface area contributed by atoms with Crippen molar-refractivity contribution in [3.05, 3.63) is 88.3 Å². The molecule has 1 aliphatic heterocycles. The number of hydrogen-bond donors (Lipinski definition) is 0. The molecule has 174 valence electrons. The Morgan fingerprint density at radius 3 is 2.18 bits per heavy atom. The number of carbonyl (C=O) groups excluding carboxylic acids is 1. The van der Waals surface area contributed by atoms with Crippen molar-refractivity contribution in [1.82, 2.24) is 0 Å². The molecule has 0 saturated carbocycles. The SMILES string of the molecule is COc1cccc(OCCOc2ccc(C=C3SC(=S)N(c4c(C)cccc4C)C3=O)cc2)c1. The number of ether oxygens (including phenoxy) is 3. The van der Waals surface area contributed by atoms with Gasteiger partial charge in [0.2, 0.25) is 0 Å². The average Bonchev–Trinajstić information content (AvgIpc) is 3.10. The molecule has 1 heterocycles. The van der Waals surface area contributed by atoms with E-state index in [9.17, 15) is 4.79 Å². The highest BCUT2D eigenvalue weighted by Crippen LogP contribution is 2.38. The number of aryl methyl sites for hydroxylation is 2. The number of nitrogens with zero attached hydrogens (tertiary/aromatic N) is 1. The van der Waals surface area contributed by atoms with Crippen LogP contribution in [0.3, 0.4) is 0 Å². The number of benzene rings is 3. The van der Waals surface area contributed by atoms with E-state index in [0.29, 0.717) is 22.4 Å². The molecule has 0 radical (unpaired) electrons. The van der Waals surface area contributed by atoms with Crippen LogP contribution in [0.1, 0.15) is 16.7 Å². The molecule has 3 aromatic rings. The summed E-state index contributed by atoms with van der Waals surface area (Å²) in [4.78, 5) is 15.4. The van der Waals surface area contributed by atoms with Gasteiger partial charge in [0.05, 0.1) is 17.7 Å². The van der Waals surface area contributed by atoms with Crippen molar-refractivity contribution >= 4 is 46.0 Å². The van der Waals surface area contributed by atoms with Gasteiger partial charge in [-0.2, -0.15) is 0 Å². The van der Waals surface area contributed by atoms with Crippen LogP contribution in [-0.2, 0) is 4.79 Å². The number of amides is 1. The lowest BCUT2D eigenvalue weighted by Crippen LogP contribution is -2.29. The summed E-state index contributed by atoms with van der Waals surface area (Å²) in [6.07, 6.45) is 1.86. The summed E-state index contributed by atoms with van der Waals surface area (Å²) in [7, 11) is 1.62. The molecular weight excluding hydrogens is 466 g/mol. The van der Waals surface area contributed by atoms with Gasteiger partial charge >= 0.3 is 0 Å². The second-order valence-corrected chi connectivity index (χ2v) is 9.38. The molecule has 0 N–H and O–H groups in total. The van der Waals surface area contributed by atoms with Crippen molar-refractivity contribution in [2.45, 2.75) is 13.8 Å². The summed E-state index contributed by atoms with van der Waals surface area (Å²) in [5.74, 6) is 2.12. The largest absolute Gasteiger partial charge is 0.497 e. The van der Waals surface area contributed by atoms with Gasteiger partial charge in [-0.1, -0.05) is 60.4 Å². The highest BCUT2D eigenvalue weighted by atomic mass is 32.2. The molecule has 1 fully saturated rings. The molecule has 4 rings (SSSR count). The third-order valence-corrected chi connectivity index (χ3v) is 6.60. The van der Waals surface area contributed by atoms with Crippen LogP contribution in [0.25, 0.3) is 6.08 Å². The topological polar surface area (TPSA) is 48.0 Å². The maximum atomic E-state index is 13.1. The molecule has 34 heavy (non-hydrogen) atoms. The van der Waals surface area contributed by atoms with Crippen molar-refractivity contribution in [1.29, 1.82) is 0 Å². The molecule has 0 bridgehead atoms. The van der Waals surface area contributed by atoms with Crippen LogP contribution in [-0.4, -0.2) is 30.6 Å². The molecule has 0 atom stereocenters. The van der Waals surface area contributed by atoms with E-state index in [2.05, 4.69) is 0 Å². The van der Waals surface area contributed by atoms with E-state index in [1.165, 1.54) is 11.8 Å². The highest BCUT2D eigenvalue weighted by molar-refractivity contribution is 8.27. The first kappa shape index (κ1) is 23.9. The summed E-state index contributed by atoms with van der Waals surface area (Å²) in [6.45, 7) is 4.80. The normalized spacial score (nSPS) is 14.6. The molecule has 1 saturated heterocycles. The lowest BCUT2D eigenvalue weighted by molar-refractivity contribution is -0.113. The number of methoxy groups -OCH3 is 1. The minimum absolute atomic E-state index is 0.0950. The van der Waals surface area contributed by atoms with E-state index in [1.54, 1.807) is 12.0 Å². The highest BCUT2D eigenvalue weighted by Gasteiger charge is 2.34. The fourth-order valence-electron chi connectivity index (χ4n) is 3.64. The first-order chi connectivity index (χ1) is 16.5. The second kappa shape index (κ2) is 10.8. The molecule has 0 aromatic heterocycles. The van der Waals surface area contributed by atoms with Gasteiger partial charge in [-0.05, 0) is 60.9 Å². The Morgan fingerprint density at radius 2 is 1.50 bits per heavy atom. The summed E-state index contributed by atoms with van der Waals surface area (Å²) in [5.41, 5.74) is 3.82. The number of carbonyl (C=O) groups is 1. The first-order valence-corrected chi connectivity index (χ1v) is 12.0. The quantitative estimate of drug-likeness (QED) is 0.213. The van der Waals surface area contributed by atoms with Gasteiger partial charge in [0.25, 0.3) is 5.91 Å². The van der Waals surface area contributed by atoms with E-state index >= 15 is 0 Å². The molecule has 0 aliphatic carbocycles. The number of hydrogen-bond acceptors (Lipinski definition) is 6. The monoisotopic (exact) mass is 491 g/mol. The summed E-state index contributed by atoms with van der Waals surface area (Å²) in [6, 6.07) is 21.0. The number of anilines is 1. The standard InChI is InChI=1S/C27H25NO4S2/c1-18-6-4-7-19(2)25(18)28-26(29)24(34-27(28)33)16-20-10-12-21(13-11-20)31-14-15-32-23-9-5-8-22(17-23)30-3/h4-13,16-17H,14-15H2,1-3H3. The van der Waals surface area contributed by atoms with Gasteiger partial charge in [-0.25, -0.2) is 0 Å². The number of thioether (sulfide) groups is 1. The fraction of sp³-hybridized carbons (Fsp3) is 0.185. The van der Waals surface area contributed by atoms with Crippen LogP contribution in [0.4, 0.5) is 5.69 Å². The zero-order valence-corrected chi connectivity index (χ0v) is 20.9. The number of rotatable bonds is 8. The van der Waals surface area contributed by atoms with Crippen LogP contribution in [0.2, 0.25) is 0 Å². The van der Waals surface area contributed by atoms with Crippen LogP contribution in [0, 0.1) is 13.8 Å². The van der Waals surface area contributed by atoms with Crippen molar-refractivity contribution in [2.24, 2.45) is 0 Å². The molecule has 0 spiro atoms. The lowest BCUT2D eigenvalue weighted by Gasteiger charge is -2.19. The molecule has 0 unspecified atom stereocenters. The maximum absolute atomic E-state index is 13.1. The van der Waals surface area contributed by atoms with Crippen LogP contribution < -0.4 is 19.1 Å². The number of para-hydroxylation sites is 1. The van der Waals surface area contributed by atoms with Crippen molar-refractivity contribution in [3.8, 4) is 17.2 Å². The average molecular weight is 492 g/mol. The first-order valence-electron chi connectivity index (χ1n) is 10.8. The Morgan fingerprint density at radius 1 is 0.882 bits per heavy atom. The van der Waals surface area contributed by atoms with Crippen molar-refractivity contribution < 1.29 is 19.0 Å². The van der Waals surface area contributed by atoms with Gasteiger partial charge in [0.1, 0.15) is 30.5 Å². The zero-order chi connectivity index (χ0) is 24.1. The Balaban J connectivity index is 1.36. The Kier molecular flexibility index (Phi) is 7.55. The summed E-state index contributed by atoms with van der Waals surface area (Å²) in [5, 5.41) is 0. The second-order valence-electron chi connectivity index (χ2n) is 7.70. The maximum Gasteiger partial charge on any atom is 0.270 e. The molecule has 1 amide bonds. The minimum Gasteiger partial charge on any atom is -0.497 e. The molecule has 3 aromatic carbocycles. The Labute approximate surface area is 209 Å². The fourth-order valence-corrected chi connectivity index (χ4v) is 4.91. The van der Waals surface area contributed by atoms with E-state index in [1.807, 2.05) is 86.7 Å². The van der Waals surface area contributed by atoms with Crippen LogP contribution in [0.5, 0.6) is 17.2 Å².